The number of nitrogens with zero attached hydrogens (tertiary/aromatic N) is 3. The van der Waals surface area contributed by atoms with Gasteiger partial charge in [0, 0.05) is 27.5 Å². The molecule has 0 atom stereocenters. The third kappa shape index (κ3) is 3.43. The normalized spacial score (nSPS) is 15.0. The van der Waals surface area contributed by atoms with E-state index in [4.69, 9.17) is 33.3 Å². The van der Waals surface area contributed by atoms with Crippen LogP contribution in [0.15, 0.2) is 113 Å². The molecule has 5 heteroatoms. The summed E-state index contributed by atoms with van der Waals surface area (Å²) in [6.07, 6.45) is 0. The van der Waals surface area contributed by atoms with Gasteiger partial charge in [0.25, 0.3) is 0 Å². The topological polar surface area (TPSA) is 51.8 Å². The fraction of sp³-hybridized carbons (Fsp3) is 0. The van der Waals surface area contributed by atoms with Crippen LogP contribution in [-0.2, 0) is 0 Å². The highest BCUT2D eigenvalue weighted by Crippen LogP contribution is 2.39. The van der Waals surface area contributed by atoms with Gasteiger partial charge in [-0.15, -0.1) is 0 Å². The first kappa shape index (κ1) is 13.5. The molecule has 0 aliphatic carbocycles. The molecular weight excluding hydrogens is 466 g/mol. The first-order valence-electron chi connectivity index (χ1n) is 15.4. The quantitative estimate of drug-likeness (QED) is 0.248. The Labute approximate surface area is 224 Å². The molecule has 0 amide bonds. The summed E-state index contributed by atoms with van der Waals surface area (Å²) in [5.74, 6) is -0.192. The standard InChI is InChI=1S/C31H18ClN3O/c32-25-17-16-24(27-23-12-6-7-13-26(23)36-28(25)27)31-34-29(20-9-2-1-3-10-20)33-30(35-31)22-15-14-19-8-4-5-11-21(19)18-22/h1-18H/i1D,2D,3D,6D,7D,9D,10D,13D,16D. The minimum Gasteiger partial charge on any atom is -0.454 e. The van der Waals surface area contributed by atoms with Gasteiger partial charge in [-0.1, -0.05) is 96.4 Å². The molecule has 0 N–H and O–H groups in total. The third-order valence-corrected chi connectivity index (χ3v) is 6.09. The highest BCUT2D eigenvalue weighted by Gasteiger charge is 2.19. The summed E-state index contributed by atoms with van der Waals surface area (Å²) in [6.45, 7) is 0. The second-order valence-electron chi connectivity index (χ2n) is 7.97. The van der Waals surface area contributed by atoms with E-state index in [-0.39, 0.29) is 79.7 Å². The van der Waals surface area contributed by atoms with Gasteiger partial charge in [0.2, 0.25) is 0 Å². The molecule has 0 aliphatic heterocycles. The van der Waals surface area contributed by atoms with E-state index in [0.29, 0.717) is 5.56 Å². The Hall–Kier alpha value is -4.54. The van der Waals surface area contributed by atoms with Crippen molar-refractivity contribution in [3.8, 4) is 34.2 Å². The summed E-state index contributed by atoms with van der Waals surface area (Å²) in [7, 11) is 0. The summed E-state index contributed by atoms with van der Waals surface area (Å²) in [5.41, 5.74) is 0.479. The molecule has 0 spiro atoms. The monoisotopic (exact) mass is 492 g/mol. The number of rotatable bonds is 3. The van der Waals surface area contributed by atoms with Gasteiger partial charge in [0.1, 0.15) is 5.58 Å². The molecule has 4 nitrogen and oxygen atoms in total. The van der Waals surface area contributed by atoms with E-state index in [9.17, 15) is 0 Å². The molecule has 5 aromatic carbocycles. The molecular formula is C31H18ClN3O. The maximum atomic E-state index is 8.92. The van der Waals surface area contributed by atoms with E-state index >= 15 is 0 Å². The highest BCUT2D eigenvalue weighted by molar-refractivity contribution is 6.36. The van der Waals surface area contributed by atoms with E-state index in [2.05, 4.69) is 9.97 Å². The summed E-state index contributed by atoms with van der Waals surface area (Å²) in [4.78, 5) is 13.8. The lowest BCUT2D eigenvalue weighted by Crippen LogP contribution is -2.00. The minimum atomic E-state index is -0.568. The van der Waals surface area contributed by atoms with Gasteiger partial charge < -0.3 is 4.42 Å². The Kier molecular flexibility index (Phi) is 3.12. The zero-order valence-corrected chi connectivity index (χ0v) is 19.1. The summed E-state index contributed by atoms with van der Waals surface area (Å²) in [5, 5.41) is 2.38. The lowest BCUT2D eigenvalue weighted by Gasteiger charge is -2.10. The third-order valence-electron chi connectivity index (χ3n) is 5.81. The number of furan rings is 1. The Morgan fingerprint density at radius 3 is 2.28 bits per heavy atom. The minimum absolute atomic E-state index is 0.00518. The van der Waals surface area contributed by atoms with Gasteiger partial charge in [-0.3, -0.25) is 0 Å². The zero-order chi connectivity index (χ0) is 31.9. The first-order chi connectivity index (χ1) is 21.5. The molecule has 0 radical (unpaired) electrons. The van der Waals surface area contributed by atoms with E-state index in [1.54, 1.807) is 6.07 Å². The second kappa shape index (κ2) is 8.29. The van der Waals surface area contributed by atoms with Gasteiger partial charge in [-0.2, -0.15) is 0 Å². The molecule has 7 rings (SSSR count). The predicted molar refractivity (Wildman–Crippen MR) is 146 cm³/mol. The smallest absolute Gasteiger partial charge is 0.164 e. The van der Waals surface area contributed by atoms with Gasteiger partial charge >= 0.3 is 0 Å². The van der Waals surface area contributed by atoms with Crippen LogP contribution in [0.2, 0.25) is 5.02 Å². The van der Waals surface area contributed by atoms with Crippen LogP contribution >= 0.6 is 11.6 Å². The average molecular weight is 493 g/mol. The van der Waals surface area contributed by atoms with Gasteiger partial charge in [-0.05, 0) is 35.0 Å². The largest absolute Gasteiger partial charge is 0.454 e. The van der Waals surface area contributed by atoms with Gasteiger partial charge in [-0.25, -0.2) is 15.0 Å². The van der Waals surface area contributed by atoms with Crippen molar-refractivity contribution in [2.45, 2.75) is 0 Å². The van der Waals surface area contributed by atoms with E-state index < -0.39 is 30.2 Å². The molecule has 36 heavy (non-hydrogen) atoms. The molecule has 2 heterocycles. The Morgan fingerprint density at radius 1 is 0.667 bits per heavy atom. The van der Waals surface area contributed by atoms with E-state index in [1.165, 1.54) is 12.1 Å². The lowest BCUT2D eigenvalue weighted by atomic mass is 10.0. The molecule has 0 unspecified atom stereocenters. The number of hydrogen-bond acceptors (Lipinski definition) is 4. The molecule has 0 bridgehead atoms. The van der Waals surface area contributed by atoms with Crippen molar-refractivity contribution in [1.82, 2.24) is 15.0 Å². The van der Waals surface area contributed by atoms with Crippen LogP contribution in [0.3, 0.4) is 0 Å². The molecule has 0 saturated carbocycles. The van der Waals surface area contributed by atoms with Crippen LogP contribution in [0.4, 0.5) is 0 Å². The van der Waals surface area contributed by atoms with Crippen LogP contribution in [0.1, 0.15) is 12.3 Å². The Morgan fingerprint density at radius 2 is 1.42 bits per heavy atom. The highest BCUT2D eigenvalue weighted by atomic mass is 35.5. The predicted octanol–water partition coefficient (Wildman–Crippen LogP) is 8.58. The van der Waals surface area contributed by atoms with E-state index in [0.717, 1.165) is 10.8 Å². The molecule has 0 aliphatic rings. The number of benzene rings is 5. The Bertz CT molecular complexity index is 2380. The van der Waals surface area contributed by atoms with Crippen LogP contribution in [0.5, 0.6) is 0 Å². The van der Waals surface area contributed by atoms with Gasteiger partial charge in [0.15, 0.2) is 23.1 Å². The fourth-order valence-electron chi connectivity index (χ4n) is 4.16. The number of halogens is 1. The SMILES string of the molecule is [2H]c1cc2c(oc3c(Cl)cc([2H])c(-c4nc(-c5ccc6ccccc6c5)nc(-c5c([2H])c([2H])c([2H])c([2H])c5[2H])n4)c32)c([2H])c1[2H]. The van der Waals surface area contributed by atoms with Crippen molar-refractivity contribution in [2.75, 3.05) is 0 Å². The molecule has 7 aromatic rings. The maximum Gasteiger partial charge on any atom is 0.164 e. The summed E-state index contributed by atoms with van der Waals surface area (Å²) < 4.78 is 81.2. The number of hydrogen-bond donors (Lipinski definition) is 0. The maximum absolute atomic E-state index is 8.92. The molecule has 170 valence electrons. The van der Waals surface area contributed by atoms with Crippen molar-refractivity contribution in [3.63, 3.8) is 0 Å². The number of fused-ring (bicyclic) bond motifs is 4. The lowest BCUT2D eigenvalue weighted by molar-refractivity contribution is 0.669. The van der Waals surface area contributed by atoms with Crippen LogP contribution in [-0.4, -0.2) is 15.0 Å². The summed E-state index contributed by atoms with van der Waals surface area (Å²) >= 11 is 6.50. The van der Waals surface area contributed by atoms with E-state index in [1.807, 2.05) is 36.4 Å². The van der Waals surface area contributed by atoms with Crippen molar-refractivity contribution >= 4 is 44.3 Å². The molecule has 0 fully saturated rings. The van der Waals surface area contributed by atoms with Crippen LogP contribution in [0, 0.1) is 0 Å². The van der Waals surface area contributed by atoms with Crippen LogP contribution in [0.25, 0.3) is 66.9 Å². The van der Waals surface area contributed by atoms with Crippen molar-refractivity contribution < 1.29 is 16.8 Å². The number of para-hydroxylation sites is 1. The average Bonchev–Trinajstić information content (AvgIpc) is 3.41. The number of aromatic nitrogens is 3. The first-order valence-corrected chi connectivity index (χ1v) is 11.3. The molecule has 2 aromatic heterocycles. The van der Waals surface area contributed by atoms with Gasteiger partial charge in [0.05, 0.1) is 17.4 Å². The zero-order valence-electron chi connectivity index (χ0n) is 27.3. The summed E-state index contributed by atoms with van der Waals surface area (Å²) in [6, 6.07) is 12.1. The second-order valence-corrected chi connectivity index (χ2v) is 8.37. The molecule has 0 saturated heterocycles. The van der Waals surface area contributed by atoms with Crippen LogP contribution < -0.4 is 0 Å². The van der Waals surface area contributed by atoms with Crippen molar-refractivity contribution in [1.29, 1.82) is 0 Å². The fourth-order valence-corrected chi connectivity index (χ4v) is 4.35. The van der Waals surface area contributed by atoms with Crippen molar-refractivity contribution in [3.05, 3.63) is 114 Å². The van der Waals surface area contributed by atoms with Crippen molar-refractivity contribution in [2.24, 2.45) is 0 Å². The Balaban J connectivity index is 1.61.